The first-order chi connectivity index (χ1) is 5.45. The van der Waals surface area contributed by atoms with Crippen LogP contribution in [0.3, 0.4) is 0 Å². The van der Waals surface area contributed by atoms with Crippen LogP contribution in [-0.4, -0.2) is 32.1 Å². The molecule has 0 heterocycles. The molecule has 68 valence electrons. The fourth-order valence-electron chi connectivity index (χ4n) is 3.86. The van der Waals surface area contributed by atoms with Crippen LogP contribution in [-0.2, 0) is 0 Å². The Balaban J connectivity index is 2.12. The van der Waals surface area contributed by atoms with Crippen LogP contribution in [0.25, 0.3) is 0 Å². The van der Waals surface area contributed by atoms with E-state index in [9.17, 15) is 15.3 Å². The molecular formula is C9H14O3. The Bertz CT molecular complexity index is 232. The zero-order chi connectivity index (χ0) is 8.61. The summed E-state index contributed by atoms with van der Waals surface area (Å²) in [5.41, 5.74) is -2.69. The molecule has 4 aliphatic rings. The van der Waals surface area contributed by atoms with Crippen LogP contribution in [0.4, 0.5) is 0 Å². The summed E-state index contributed by atoms with van der Waals surface area (Å²) in [6.07, 6.45) is 2.91. The fraction of sp³-hybridized carbons (Fsp3) is 1.00. The van der Waals surface area contributed by atoms with Crippen molar-refractivity contribution < 1.29 is 15.3 Å². The summed E-state index contributed by atoms with van der Waals surface area (Å²) in [6.45, 7) is 0. The van der Waals surface area contributed by atoms with Gasteiger partial charge in [-0.25, -0.2) is 0 Å². The molecule has 3 nitrogen and oxygen atoms in total. The Hall–Kier alpha value is -0.120. The average molecular weight is 170 g/mol. The van der Waals surface area contributed by atoms with Crippen molar-refractivity contribution in [1.82, 2.24) is 0 Å². The van der Waals surface area contributed by atoms with Crippen LogP contribution < -0.4 is 0 Å². The summed E-state index contributed by atoms with van der Waals surface area (Å²) in [5, 5.41) is 30.0. The molecule has 0 aromatic rings. The second-order valence-corrected chi connectivity index (χ2v) is 5.12. The van der Waals surface area contributed by atoms with Gasteiger partial charge in [0.15, 0.2) is 0 Å². The number of hydrogen-bond donors (Lipinski definition) is 3. The normalized spacial score (nSPS) is 67.8. The van der Waals surface area contributed by atoms with E-state index in [-0.39, 0.29) is 0 Å². The minimum atomic E-state index is -0.968. The van der Waals surface area contributed by atoms with Crippen molar-refractivity contribution in [3.8, 4) is 0 Å². The van der Waals surface area contributed by atoms with Crippen molar-refractivity contribution in [2.45, 2.75) is 48.9 Å². The molecule has 3 unspecified atom stereocenters. The molecule has 0 aromatic heterocycles. The summed E-state index contributed by atoms with van der Waals surface area (Å²) in [5.74, 6) is 0.340. The molecule has 4 atom stereocenters. The molecule has 0 radical (unpaired) electrons. The third-order valence-corrected chi connectivity index (χ3v) is 4.03. The Kier molecular flexibility index (Phi) is 0.965. The third-order valence-electron chi connectivity index (χ3n) is 4.03. The lowest BCUT2D eigenvalue weighted by Crippen LogP contribution is -2.44. The third kappa shape index (κ3) is 0.605. The van der Waals surface area contributed by atoms with Crippen LogP contribution in [0, 0.1) is 5.92 Å². The predicted molar refractivity (Wildman–Crippen MR) is 41.4 cm³/mol. The minimum absolute atomic E-state index is 0.340. The zero-order valence-electron chi connectivity index (χ0n) is 6.95. The molecule has 3 N–H and O–H groups in total. The van der Waals surface area contributed by atoms with E-state index in [1.165, 1.54) is 0 Å². The standard InChI is InChI=1S/C9H14O3/c10-7-1-6-2-8(11,4-7)9(12,3-6)5-7/h6,10-12H,1-5H2/t6?,7?,8-,9?/m0/s1. The van der Waals surface area contributed by atoms with E-state index in [0.29, 0.717) is 31.6 Å². The highest BCUT2D eigenvalue weighted by Crippen LogP contribution is 2.64. The van der Waals surface area contributed by atoms with E-state index in [0.717, 1.165) is 6.42 Å². The van der Waals surface area contributed by atoms with Crippen LogP contribution >= 0.6 is 0 Å². The largest absolute Gasteiger partial charge is 0.390 e. The highest BCUT2D eigenvalue weighted by Gasteiger charge is 2.71. The van der Waals surface area contributed by atoms with Gasteiger partial charge in [-0.3, -0.25) is 0 Å². The molecule has 0 aliphatic heterocycles. The molecule has 4 aliphatic carbocycles. The van der Waals surface area contributed by atoms with Crippen molar-refractivity contribution in [1.29, 1.82) is 0 Å². The predicted octanol–water partition coefficient (Wildman–Crippen LogP) is -0.213. The molecule has 3 heteroatoms. The molecule has 12 heavy (non-hydrogen) atoms. The van der Waals surface area contributed by atoms with Crippen LogP contribution in [0.15, 0.2) is 0 Å². The number of hydrogen-bond acceptors (Lipinski definition) is 3. The first-order valence-electron chi connectivity index (χ1n) is 4.62. The summed E-state index contributed by atoms with van der Waals surface area (Å²) in [7, 11) is 0. The van der Waals surface area contributed by atoms with Gasteiger partial charge in [0.2, 0.25) is 0 Å². The van der Waals surface area contributed by atoms with Crippen molar-refractivity contribution >= 4 is 0 Å². The van der Waals surface area contributed by atoms with Gasteiger partial charge in [-0.1, -0.05) is 0 Å². The average Bonchev–Trinajstić information content (AvgIpc) is 2.01. The van der Waals surface area contributed by atoms with Gasteiger partial charge in [-0.15, -0.1) is 0 Å². The minimum Gasteiger partial charge on any atom is -0.390 e. The van der Waals surface area contributed by atoms with Gasteiger partial charge < -0.3 is 15.3 Å². The SMILES string of the molecule is OC12CC3CC(O)(C1)[C@](O)(C3)C2. The van der Waals surface area contributed by atoms with Crippen molar-refractivity contribution in [2.24, 2.45) is 5.92 Å². The first kappa shape index (κ1) is 7.30. The summed E-state index contributed by atoms with van der Waals surface area (Å²) >= 11 is 0. The number of rotatable bonds is 0. The summed E-state index contributed by atoms with van der Waals surface area (Å²) < 4.78 is 0. The number of aliphatic hydroxyl groups is 3. The van der Waals surface area contributed by atoms with E-state index in [1.54, 1.807) is 0 Å². The van der Waals surface area contributed by atoms with E-state index in [1.807, 2.05) is 0 Å². The molecule has 0 saturated heterocycles. The van der Waals surface area contributed by atoms with Gasteiger partial charge in [0, 0.05) is 12.8 Å². The maximum atomic E-state index is 10.0. The monoisotopic (exact) mass is 170 g/mol. The van der Waals surface area contributed by atoms with Gasteiger partial charge in [0.1, 0.15) is 0 Å². The van der Waals surface area contributed by atoms with Gasteiger partial charge in [-0.05, 0) is 25.2 Å². The second-order valence-electron chi connectivity index (χ2n) is 5.12. The van der Waals surface area contributed by atoms with E-state index >= 15 is 0 Å². The molecule has 4 rings (SSSR count). The first-order valence-corrected chi connectivity index (χ1v) is 4.62. The highest BCUT2D eigenvalue weighted by molar-refractivity contribution is 5.23. The highest BCUT2D eigenvalue weighted by atomic mass is 16.4. The molecule has 0 spiro atoms. The van der Waals surface area contributed by atoms with Gasteiger partial charge >= 0.3 is 0 Å². The topological polar surface area (TPSA) is 60.7 Å². The second kappa shape index (κ2) is 1.59. The quantitative estimate of drug-likeness (QED) is 0.471. The zero-order valence-corrected chi connectivity index (χ0v) is 6.95. The van der Waals surface area contributed by atoms with Crippen molar-refractivity contribution in [3.05, 3.63) is 0 Å². The van der Waals surface area contributed by atoms with Crippen molar-refractivity contribution in [2.75, 3.05) is 0 Å². The molecule has 0 amide bonds. The van der Waals surface area contributed by atoms with Gasteiger partial charge in [0.05, 0.1) is 16.8 Å². The molecule has 4 bridgehead atoms. The lowest BCUT2D eigenvalue weighted by atomic mass is 9.77. The molecular weight excluding hydrogens is 156 g/mol. The Morgan fingerprint density at radius 1 is 0.833 bits per heavy atom. The van der Waals surface area contributed by atoms with Crippen LogP contribution in [0.2, 0.25) is 0 Å². The van der Waals surface area contributed by atoms with E-state index < -0.39 is 16.8 Å². The Labute approximate surface area is 71.0 Å². The molecule has 4 saturated carbocycles. The Morgan fingerprint density at radius 3 is 1.67 bits per heavy atom. The van der Waals surface area contributed by atoms with Crippen LogP contribution in [0.1, 0.15) is 32.1 Å². The lowest BCUT2D eigenvalue weighted by Gasteiger charge is -2.34. The van der Waals surface area contributed by atoms with Gasteiger partial charge in [0.25, 0.3) is 0 Å². The van der Waals surface area contributed by atoms with Crippen molar-refractivity contribution in [3.63, 3.8) is 0 Å². The van der Waals surface area contributed by atoms with E-state index in [2.05, 4.69) is 0 Å². The van der Waals surface area contributed by atoms with Gasteiger partial charge in [-0.2, -0.15) is 0 Å². The maximum absolute atomic E-state index is 10.0. The maximum Gasteiger partial charge on any atom is 0.0964 e. The smallest absolute Gasteiger partial charge is 0.0964 e. The molecule has 0 aromatic carbocycles. The summed E-state index contributed by atoms with van der Waals surface area (Å²) in [6, 6.07) is 0. The van der Waals surface area contributed by atoms with E-state index in [4.69, 9.17) is 0 Å². The van der Waals surface area contributed by atoms with Crippen LogP contribution in [0.5, 0.6) is 0 Å². The lowest BCUT2D eigenvalue weighted by molar-refractivity contribution is -0.107. The molecule has 4 fully saturated rings. The fourth-order valence-corrected chi connectivity index (χ4v) is 3.86. The Morgan fingerprint density at radius 2 is 1.33 bits per heavy atom. The summed E-state index contributed by atoms with van der Waals surface area (Å²) in [4.78, 5) is 0.